The van der Waals surface area contributed by atoms with Gasteiger partial charge < -0.3 is 39.3 Å². The van der Waals surface area contributed by atoms with E-state index in [2.05, 4.69) is 25.7 Å². The average Bonchev–Trinajstić information content (AvgIpc) is 3.39. The number of nitrogens with one attached hydrogen (secondary N) is 3. The first-order valence-electron chi connectivity index (χ1n) is 16.1. The van der Waals surface area contributed by atoms with Crippen LogP contribution in [0.5, 0.6) is 17.2 Å². The molecule has 3 aromatic carbocycles. The number of aromatic nitrogens is 1. The summed E-state index contributed by atoms with van der Waals surface area (Å²) in [7, 11) is 1.28. The van der Waals surface area contributed by atoms with Crippen molar-refractivity contribution in [2.24, 2.45) is 5.10 Å². The standard InChI is InChI=1S/C37H39Cl2N5O7/c1-6-49-32-17-25(35-34(36(46)48-5)22(3)41-37(47)42-35)8-14-31(32)51-20-33(45)43-40-18-26-15-21(2)44(23(26)4)27-9-11-28(12-10-27)50-19-24-7-13-29(38)30(39)16-24/h7-18,33,35,43,45H,6,19-20H2,1-5H3,(H2,41,42,47)/b40-18+/t33-,35-/m1/s1. The van der Waals surface area contributed by atoms with Gasteiger partial charge in [-0.1, -0.05) is 35.3 Å². The Morgan fingerprint density at radius 1 is 1.00 bits per heavy atom. The topological polar surface area (TPSA) is 145 Å². The minimum absolute atomic E-state index is 0.147. The molecule has 14 heteroatoms. The number of methoxy groups -OCH3 is 1. The normalized spacial score (nSPS) is 14.9. The molecule has 0 saturated heterocycles. The van der Waals surface area contributed by atoms with Crippen molar-refractivity contribution in [2.75, 3.05) is 20.3 Å². The Morgan fingerprint density at radius 3 is 2.47 bits per heavy atom. The summed E-state index contributed by atoms with van der Waals surface area (Å²) in [6.07, 6.45) is 0.495. The molecule has 5 rings (SSSR count). The Hall–Kier alpha value is -5.17. The lowest BCUT2D eigenvalue weighted by Crippen LogP contribution is -2.45. The Labute approximate surface area is 305 Å². The molecule has 0 radical (unpaired) electrons. The van der Waals surface area contributed by atoms with E-state index in [1.54, 1.807) is 43.5 Å². The molecule has 0 spiro atoms. The van der Waals surface area contributed by atoms with Gasteiger partial charge in [-0.15, -0.1) is 0 Å². The van der Waals surface area contributed by atoms with Crippen LogP contribution in [0.4, 0.5) is 4.79 Å². The molecule has 1 aliphatic rings. The number of allylic oxidation sites excluding steroid dienone is 1. The number of nitrogens with zero attached hydrogens (tertiary/aromatic N) is 2. The number of benzene rings is 3. The number of hydrogen-bond acceptors (Lipinski definition) is 9. The smallest absolute Gasteiger partial charge is 0.337 e. The third-order valence-corrected chi connectivity index (χ3v) is 8.79. The summed E-state index contributed by atoms with van der Waals surface area (Å²) in [4.78, 5) is 24.7. The number of aryl methyl sites for hydroxylation is 1. The van der Waals surface area contributed by atoms with Crippen LogP contribution in [0.1, 0.15) is 48.0 Å². The molecule has 4 N–H and O–H groups in total. The number of hydrogen-bond donors (Lipinski definition) is 4. The number of carbonyl (C=O) groups is 2. The molecule has 1 aliphatic heterocycles. The molecule has 0 fully saturated rings. The van der Waals surface area contributed by atoms with Crippen molar-refractivity contribution in [3.05, 3.63) is 116 Å². The predicted molar refractivity (Wildman–Crippen MR) is 195 cm³/mol. The van der Waals surface area contributed by atoms with E-state index in [1.807, 2.05) is 57.2 Å². The first kappa shape index (κ1) is 37.1. The summed E-state index contributed by atoms with van der Waals surface area (Å²) < 4.78 is 24.6. The fraction of sp³-hybridized carbons (Fsp3) is 0.270. The molecular formula is C37H39Cl2N5O7. The van der Waals surface area contributed by atoms with Crippen LogP contribution >= 0.6 is 23.2 Å². The van der Waals surface area contributed by atoms with Crippen molar-refractivity contribution >= 4 is 41.4 Å². The summed E-state index contributed by atoms with van der Waals surface area (Å²) in [6, 6.07) is 19.0. The Morgan fingerprint density at radius 2 is 1.76 bits per heavy atom. The zero-order chi connectivity index (χ0) is 36.7. The van der Waals surface area contributed by atoms with E-state index in [9.17, 15) is 14.7 Å². The van der Waals surface area contributed by atoms with Gasteiger partial charge in [0.1, 0.15) is 19.0 Å². The van der Waals surface area contributed by atoms with Crippen LogP contribution in [0.2, 0.25) is 10.0 Å². The number of esters is 1. The number of aliphatic hydroxyl groups excluding tert-OH is 1. The van der Waals surface area contributed by atoms with Crippen molar-refractivity contribution in [1.29, 1.82) is 0 Å². The van der Waals surface area contributed by atoms with Gasteiger partial charge in [0.05, 0.1) is 41.6 Å². The lowest BCUT2D eigenvalue weighted by Gasteiger charge is -2.28. The minimum Gasteiger partial charge on any atom is -0.490 e. The number of rotatable bonds is 14. The summed E-state index contributed by atoms with van der Waals surface area (Å²) in [5.74, 6) is 0.880. The molecule has 268 valence electrons. The van der Waals surface area contributed by atoms with E-state index in [1.165, 1.54) is 7.11 Å². The van der Waals surface area contributed by atoms with Gasteiger partial charge in [0.25, 0.3) is 0 Å². The highest BCUT2D eigenvalue weighted by Crippen LogP contribution is 2.35. The molecular weight excluding hydrogens is 697 g/mol. The number of halogens is 2. The Balaban J connectivity index is 1.19. The van der Waals surface area contributed by atoms with Crippen LogP contribution < -0.4 is 30.3 Å². The van der Waals surface area contributed by atoms with Crippen molar-refractivity contribution in [2.45, 2.75) is 46.6 Å². The van der Waals surface area contributed by atoms with Gasteiger partial charge in [0, 0.05) is 28.3 Å². The van der Waals surface area contributed by atoms with Gasteiger partial charge in [-0.25, -0.2) is 9.59 Å². The first-order chi connectivity index (χ1) is 24.5. The summed E-state index contributed by atoms with van der Waals surface area (Å²) in [5, 5.41) is 21.2. The Kier molecular flexibility index (Phi) is 12.1. The molecule has 1 aromatic heterocycles. The van der Waals surface area contributed by atoms with E-state index in [0.717, 1.165) is 28.2 Å². The van der Waals surface area contributed by atoms with E-state index in [0.29, 0.717) is 51.8 Å². The second-order valence-corrected chi connectivity index (χ2v) is 12.4. The van der Waals surface area contributed by atoms with Crippen molar-refractivity contribution in [1.82, 2.24) is 20.6 Å². The maximum absolute atomic E-state index is 12.5. The maximum atomic E-state index is 12.5. The monoisotopic (exact) mass is 735 g/mol. The van der Waals surface area contributed by atoms with Crippen LogP contribution in [-0.2, 0) is 16.1 Å². The molecule has 12 nitrogen and oxygen atoms in total. The number of aliphatic hydroxyl groups is 1. The highest BCUT2D eigenvalue weighted by molar-refractivity contribution is 6.42. The molecule has 0 unspecified atom stereocenters. The predicted octanol–water partition coefficient (Wildman–Crippen LogP) is 6.50. The number of carbonyl (C=O) groups excluding carboxylic acids is 2. The van der Waals surface area contributed by atoms with Crippen LogP contribution in [0.3, 0.4) is 0 Å². The summed E-state index contributed by atoms with van der Waals surface area (Å²) in [5.41, 5.74) is 8.64. The van der Waals surface area contributed by atoms with E-state index in [-0.39, 0.29) is 12.2 Å². The lowest BCUT2D eigenvalue weighted by molar-refractivity contribution is -0.136. The number of hydrazone groups is 1. The largest absolute Gasteiger partial charge is 0.490 e. The molecule has 4 aromatic rings. The zero-order valence-electron chi connectivity index (χ0n) is 28.8. The second-order valence-electron chi connectivity index (χ2n) is 11.6. The van der Waals surface area contributed by atoms with Gasteiger partial charge in [0.15, 0.2) is 17.7 Å². The Bertz CT molecular complexity index is 1960. The molecule has 2 atom stereocenters. The van der Waals surface area contributed by atoms with Gasteiger partial charge in [-0.05, 0) is 93.4 Å². The molecule has 0 aliphatic carbocycles. The SMILES string of the molecule is CCOc1cc([C@H]2NC(=O)NC(C)=C2C(=O)OC)ccc1OC[C@@H](O)N/N=C/c1cc(C)n(-c2ccc(OCc3ccc(Cl)c(Cl)c3)cc2)c1C. The maximum Gasteiger partial charge on any atom is 0.337 e. The van der Waals surface area contributed by atoms with Crippen LogP contribution in [0, 0.1) is 13.8 Å². The van der Waals surface area contributed by atoms with E-state index >= 15 is 0 Å². The van der Waals surface area contributed by atoms with E-state index < -0.39 is 24.3 Å². The quantitative estimate of drug-likeness (QED) is 0.0497. The molecule has 2 amide bonds. The van der Waals surface area contributed by atoms with Gasteiger partial charge >= 0.3 is 12.0 Å². The highest BCUT2D eigenvalue weighted by atomic mass is 35.5. The van der Waals surface area contributed by atoms with Crippen LogP contribution in [0.15, 0.2) is 83.1 Å². The summed E-state index contributed by atoms with van der Waals surface area (Å²) >= 11 is 12.1. The number of ether oxygens (including phenoxy) is 4. The highest BCUT2D eigenvalue weighted by Gasteiger charge is 2.32. The fourth-order valence-corrected chi connectivity index (χ4v) is 5.94. The third-order valence-electron chi connectivity index (χ3n) is 8.05. The van der Waals surface area contributed by atoms with Crippen molar-refractivity contribution in [3.8, 4) is 22.9 Å². The lowest BCUT2D eigenvalue weighted by atomic mass is 9.95. The van der Waals surface area contributed by atoms with Gasteiger partial charge in [0.2, 0.25) is 0 Å². The van der Waals surface area contributed by atoms with Crippen LogP contribution in [0.25, 0.3) is 5.69 Å². The third kappa shape index (κ3) is 8.95. The molecule has 0 saturated carbocycles. The van der Waals surface area contributed by atoms with Crippen molar-refractivity contribution in [3.63, 3.8) is 0 Å². The summed E-state index contributed by atoms with van der Waals surface area (Å²) in [6.45, 7) is 7.99. The zero-order valence-corrected chi connectivity index (χ0v) is 30.3. The number of amides is 2. The van der Waals surface area contributed by atoms with Crippen LogP contribution in [-0.4, -0.2) is 54.4 Å². The molecule has 51 heavy (non-hydrogen) atoms. The fourth-order valence-electron chi connectivity index (χ4n) is 5.62. The minimum atomic E-state index is -1.14. The molecule has 2 heterocycles. The van der Waals surface area contributed by atoms with Crippen molar-refractivity contribution < 1.29 is 33.6 Å². The van der Waals surface area contributed by atoms with Gasteiger partial charge in [-0.3, -0.25) is 5.43 Å². The van der Waals surface area contributed by atoms with E-state index in [4.69, 9.17) is 42.1 Å². The average molecular weight is 737 g/mol. The first-order valence-corrected chi connectivity index (χ1v) is 16.8. The second kappa shape index (κ2) is 16.7. The number of urea groups is 1. The molecule has 0 bridgehead atoms. The van der Waals surface area contributed by atoms with Gasteiger partial charge in [-0.2, -0.15) is 5.10 Å².